The third-order valence-corrected chi connectivity index (χ3v) is 6.79. The van der Waals surface area contributed by atoms with Gasteiger partial charge in [0, 0.05) is 5.41 Å². The summed E-state index contributed by atoms with van der Waals surface area (Å²) in [7, 11) is 0. The Morgan fingerprint density at radius 2 is 1.55 bits per heavy atom. The van der Waals surface area contributed by atoms with Crippen molar-refractivity contribution in [1.29, 1.82) is 0 Å². The van der Waals surface area contributed by atoms with Crippen LogP contribution in [-0.2, 0) is 5.41 Å². The second-order valence-corrected chi connectivity index (χ2v) is 8.49. The Balaban J connectivity index is 2.03. The van der Waals surface area contributed by atoms with Gasteiger partial charge in [-0.1, -0.05) is 101 Å². The van der Waals surface area contributed by atoms with Crippen molar-refractivity contribution in [2.75, 3.05) is 0 Å². The highest BCUT2D eigenvalue weighted by molar-refractivity contribution is 6.10. The molecule has 0 heterocycles. The fourth-order valence-electron chi connectivity index (χ4n) is 5.22. The van der Waals surface area contributed by atoms with Gasteiger partial charge in [0.1, 0.15) is 0 Å². The smallest absolute Gasteiger partial charge is 0.0209 e. The van der Waals surface area contributed by atoms with Crippen LogP contribution in [0, 0.1) is 0 Å². The SMILES string of the molecule is C=C/C=C1\C(=C)C(CCCC)(CCCC)c2cc3ccc4ccccc4c3cc21. The highest BCUT2D eigenvalue weighted by Crippen LogP contribution is 2.55. The third-order valence-electron chi connectivity index (χ3n) is 6.79. The fourth-order valence-corrected chi connectivity index (χ4v) is 5.22. The second kappa shape index (κ2) is 8.03. The second-order valence-electron chi connectivity index (χ2n) is 8.49. The molecule has 1 aliphatic rings. The molecule has 4 rings (SSSR count). The summed E-state index contributed by atoms with van der Waals surface area (Å²) in [5.41, 5.74) is 5.51. The molecule has 0 spiro atoms. The molecule has 0 fully saturated rings. The molecule has 0 atom stereocenters. The molecule has 3 aromatic rings. The molecule has 3 aromatic carbocycles. The summed E-state index contributed by atoms with van der Waals surface area (Å²) in [4.78, 5) is 0. The Kier molecular flexibility index (Phi) is 5.46. The Bertz CT molecular complexity index is 1100. The van der Waals surface area contributed by atoms with Crippen molar-refractivity contribution in [2.45, 2.75) is 57.8 Å². The van der Waals surface area contributed by atoms with Crippen LogP contribution in [0.15, 0.2) is 79.4 Å². The number of rotatable bonds is 7. The van der Waals surface area contributed by atoms with Gasteiger partial charge in [-0.05, 0) is 68.8 Å². The molecular weight excluding hydrogens is 348 g/mol. The molecule has 0 unspecified atom stereocenters. The van der Waals surface area contributed by atoms with Gasteiger partial charge < -0.3 is 0 Å². The van der Waals surface area contributed by atoms with E-state index in [2.05, 4.69) is 81.6 Å². The van der Waals surface area contributed by atoms with Gasteiger partial charge in [-0.25, -0.2) is 0 Å². The molecule has 0 nitrogen and oxygen atoms in total. The first-order valence-corrected chi connectivity index (χ1v) is 11.1. The van der Waals surface area contributed by atoms with Gasteiger partial charge in [0.2, 0.25) is 0 Å². The van der Waals surface area contributed by atoms with Gasteiger partial charge >= 0.3 is 0 Å². The largest absolute Gasteiger partial charge is 0.0990 e. The number of hydrogen-bond acceptors (Lipinski definition) is 0. The third kappa shape index (κ3) is 3.15. The minimum absolute atomic E-state index is 0.0655. The van der Waals surface area contributed by atoms with Crippen molar-refractivity contribution in [1.82, 2.24) is 0 Å². The summed E-state index contributed by atoms with van der Waals surface area (Å²) < 4.78 is 0. The van der Waals surface area contributed by atoms with E-state index in [4.69, 9.17) is 0 Å². The fraction of sp³-hybridized carbons (Fsp3) is 0.310. The molecule has 0 aromatic heterocycles. The van der Waals surface area contributed by atoms with Gasteiger partial charge in [0.25, 0.3) is 0 Å². The molecule has 0 radical (unpaired) electrons. The quantitative estimate of drug-likeness (QED) is 0.359. The first-order valence-electron chi connectivity index (χ1n) is 11.1. The summed E-state index contributed by atoms with van der Waals surface area (Å²) in [6, 6.07) is 18.1. The Hall–Kier alpha value is -2.60. The lowest BCUT2D eigenvalue weighted by Crippen LogP contribution is -2.25. The van der Waals surface area contributed by atoms with Crippen LogP contribution in [0.2, 0.25) is 0 Å². The van der Waals surface area contributed by atoms with E-state index in [9.17, 15) is 0 Å². The van der Waals surface area contributed by atoms with Crippen LogP contribution >= 0.6 is 0 Å². The molecule has 0 bridgehead atoms. The van der Waals surface area contributed by atoms with E-state index < -0.39 is 0 Å². The van der Waals surface area contributed by atoms with E-state index in [1.165, 1.54) is 82.3 Å². The maximum atomic E-state index is 4.67. The van der Waals surface area contributed by atoms with Crippen molar-refractivity contribution in [3.63, 3.8) is 0 Å². The highest BCUT2D eigenvalue weighted by Gasteiger charge is 2.43. The van der Waals surface area contributed by atoms with E-state index >= 15 is 0 Å². The Labute approximate surface area is 175 Å². The standard InChI is InChI=1S/C29H32/c1-5-8-17-29(18-9-6-2)21(4)24(12-7-3)27-20-26-23(19-28(27)29)16-15-22-13-10-11-14-25(22)26/h7,10-16,19-20H,3-6,8-9,17-18H2,1-2H3/b24-12+. The number of benzene rings is 3. The summed E-state index contributed by atoms with van der Waals surface area (Å²) in [6.45, 7) is 13.2. The van der Waals surface area contributed by atoms with Gasteiger partial charge in [0.15, 0.2) is 0 Å². The summed E-state index contributed by atoms with van der Waals surface area (Å²) in [6.07, 6.45) is 11.4. The van der Waals surface area contributed by atoms with E-state index in [-0.39, 0.29) is 5.41 Å². The van der Waals surface area contributed by atoms with Crippen LogP contribution < -0.4 is 0 Å². The lowest BCUT2D eigenvalue weighted by molar-refractivity contribution is 0.416. The average Bonchev–Trinajstić information content (AvgIpc) is 2.97. The molecule has 0 saturated heterocycles. The zero-order valence-electron chi connectivity index (χ0n) is 17.9. The van der Waals surface area contributed by atoms with Crippen LogP contribution in [0.3, 0.4) is 0 Å². The molecule has 0 heteroatoms. The minimum Gasteiger partial charge on any atom is -0.0990 e. The summed E-state index contributed by atoms with van der Waals surface area (Å²) in [5.74, 6) is 0. The van der Waals surface area contributed by atoms with Crippen LogP contribution in [-0.4, -0.2) is 0 Å². The summed E-state index contributed by atoms with van der Waals surface area (Å²) in [5, 5.41) is 5.31. The maximum absolute atomic E-state index is 4.67. The molecule has 0 amide bonds. The minimum atomic E-state index is 0.0655. The van der Waals surface area contributed by atoms with Gasteiger partial charge in [0.05, 0.1) is 0 Å². The van der Waals surface area contributed by atoms with E-state index in [0.717, 1.165) is 0 Å². The molecular formula is C29H32. The Morgan fingerprint density at radius 3 is 2.24 bits per heavy atom. The zero-order chi connectivity index (χ0) is 20.4. The lowest BCUT2D eigenvalue weighted by Gasteiger charge is -2.32. The van der Waals surface area contributed by atoms with Crippen molar-refractivity contribution >= 4 is 27.1 Å². The number of unbranched alkanes of at least 4 members (excludes halogenated alkanes) is 2. The number of hydrogen-bond donors (Lipinski definition) is 0. The molecule has 0 aliphatic heterocycles. The van der Waals surface area contributed by atoms with E-state index in [0.29, 0.717) is 0 Å². The van der Waals surface area contributed by atoms with Crippen molar-refractivity contribution in [3.8, 4) is 0 Å². The van der Waals surface area contributed by atoms with E-state index in [1.54, 1.807) is 0 Å². The van der Waals surface area contributed by atoms with Gasteiger partial charge in [-0.3, -0.25) is 0 Å². The number of allylic oxidation sites excluding steroid dienone is 4. The first-order chi connectivity index (χ1) is 14.2. The predicted molar refractivity (Wildman–Crippen MR) is 129 cm³/mol. The average molecular weight is 381 g/mol. The monoisotopic (exact) mass is 380 g/mol. The number of fused-ring (bicyclic) bond motifs is 4. The van der Waals surface area contributed by atoms with Crippen molar-refractivity contribution < 1.29 is 0 Å². The van der Waals surface area contributed by atoms with Crippen molar-refractivity contribution in [2.24, 2.45) is 0 Å². The molecule has 148 valence electrons. The molecule has 1 aliphatic carbocycles. The molecule has 0 saturated carbocycles. The van der Waals surface area contributed by atoms with Crippen molar-refractivity contribution in [3.05, 3.63) is 90.5 Å². The lowest BCUT2D eigenvalue weighted by atomic mass is 9.71. The Morgan fingerprint density at radius 1 is 0.862 bits per heavy atom. The maximum Gasteiger partial charge on any atom is 0.0209 e. The van der Waals surface area contributed by atoms with Crippen LogP contribution in [0.25, 0.3) is 27.1 Å². The van der Waals surface area contributed by atoms with Gasteiger partial charge in [-0.2, -0.15) is 0 Å². The van der Waals surface area contributed by atoms with Gasteiger partial charge in [-0.15, -0.1) is 0 Å². The first kappa shape index (κ1) is 19.7. The normalized spacial score (nSPS) is 16.6. The highest BCUT2D eigenvalue weighted by atomic mass is 14.5. The van der Waals surface area contributed by atoms with E-state index in [1.807, 2.05) is 6.08 Å². The topological polar surface area (TPSA) is 0 Å². The zero-order valence-corrected chi connectivity index (χ0v) is 17.9. The van der Waals surface area contributed by atoms with Crippen LogP contribution in [0.4, 0.5) is 0 Å². The predicted octanol–water partition coefficient (Wildman–Crippen LogP) is 8.75. The molecule has 29 heavy (non-hydrogen) atoms. The summed E-state index contributed by atoms with van der Waals surface area (Å²) >= 11 is 0. The van der Waals surface area contributed by atoms with Crippen LogP contribution in [0.5, 0.6) is 0 Å². The molecule has 0 N–H and O–H groups in total. The van der Waals surface area contributed by atoms with Crippen LogP contribution in [0.1, 0.15) is 63.5 Å².